The van der Waals surface area contributed by atoms with Crippen LogP contribution in [0.25, 0.3) is 6.08 Å². The Balaban J connectivity index is 2.77. The summed E-state index contributed by atoms with van der Waals surface area (Å²) in [5.74, 6) is 0.800. The van der Waals surface area contributed by atoms with Gasteiger partial charge in [-0.2, -0.15) is 10.5 Å². The minimum atomic E-state index is 0.0993. The molecule has 0 bridgehead atoms. The van der Waals surface area contributed by atoms with Gasteiger partial charge in [0.15, 0.2) is 0 Å². The number of benzene rings is 1. The van der Waals surface area contributed by atoms with Gasteiger partial charge in [-0.1, -0.05) is 19.1 Å². The highest BCUT2D eigenvalue weighted by molar-refractivity contribution is 5.62. The van der Waals surface area contributed by atoms with Gasteiger partial charge in [0.1, 0.15) is 23.5 Å². The summed E-state index contributed by atoms with van der Waals surface area (Å²) in [7, 11) is 0. The molecule has 1 aromatic carbocycles. The highest BCUT2D eigenvalue weighted by Crippen LogP contribution is 2.14. The van der Waals surface area contributed by atoms with E-state index in [1.54, 1.807) is 6.08 Å². The molecule has 16 heavy (non-hydrogen) atoms. The van der Waals surface area contributed by atoms with Crippen molar-refractivity contribution < 1.29 is 4.74 Å². The molecule has 0 aromatic heterocycles. The molecule has 0 N–H and O–H groups in total. The lowest BCUT2D eigenvalue weighted by molar-refractivity contribution is 0.317. The van der Waals surface area contributed by atoms with Crippen molar-refractivity contribution in [2.75, 3.05) is 6.61 Å². The fourth-order valence-corrected chi connectivity index (χ4v) is 1.14. The molecule has 0 radical (unpaired) electrons. The monoisotopic (exact) mass is 212 g/mol. The highest BCUT2D eigenvalue weighted by Gasteiger charge is 1.95. The number of allylic oxidation sites excluding steroid dienone is 1. The first-order valence-corrected chi connectivity index (χ1v) is 5.05. The molecule has 1 rings (SSSR count). The lowest BCUT2D eigenvalue weighted by Crippen LogP contribution is -1.94. The van der Waals surface area contributed by atoms with Crippen molar-refractivity contribution in [1.82, 2.24) is 0 Å². The third kappa shape index (κ3) is 3.48. The summed E-state index contributed by atoms with van der Waals surface area (Å²) < 4.78 is 5.42. The van der Waals surface area contributed by atoms with Crippen molar-refractivity contribution >= 4 is 6.08 Å². The summed E-state index contributed by atoms with van der Waals surface area (Å²) in [5, 5.41) is 17.2. The number of hydrogen-bond acceptors (Lipinski definition) is 3. The van der Waals surface area contributed by atoms with Crippen LogP contribution < -0.4 is 4.74 Å². The second-order valence-electron chi connectivity index (χ2n) is 3.20. The SMILES string of the molecule is CCCOc1ccc(C=C(C#N)C#N)cc1. The summed E-state index contributed by atoms with van der Waals surface area (Å²) >= 11 is 0. The summed E-state index contributed by atoms with van der Waals surface area (Å²) in [6.45, 7) is 2.74. The predicted molar refractivity (Wildman–Crippen MR) is 61.4 cm³/mol. The Hall–Kier alpha value is -2.26. The van der Waals surface area contributed by atoms with Crippen molar-refractivity contribution in [2.45, 2.75) is 13.3 Å². The second kappa shape index (κ2) is 6.27. The Kier molecular flexibility index (Phi) is 4.63. The van der Waals surface area contributed by atoms with E-state index in [0.717, 1.165) is 17.7 Å². The first-order valence-electron chi connectivity index (χ1n) is 5.05. The topological polar surface area (TPSA) is 56.8 Å². The molecular weight excluding hydrogens is 200 g/mol. The Morgan fingerprint density at radius 3 is 2.38 bits per heavy atom. The van der Waals surface area contributed by atoms with E-state index in [0.29, 0.717) is 6.61 Å². The molecule has 0 aliphatic carbocycles. The third-order valence-corrected chi connectivity index (χ3v) is 1.90. The van der Waals surface area contributed by atoms with Crippen molar-refractivity contribution in [2.24, 2.45) is 0 Å². The Labute approximate surface area is 95.2 Å². The molecule has 0 atom stereocenters. The molecule has 0 heterocycles. The van der Waals surface area contributed by atoms with Gasteiger partial charge in [0.05, 0.1) is 6.61 Å². The molecule has 0 spiro atoms. The maximum Gasteiger partial charge on any atom is 0.130 e. The maximum atomic E-state index is 8.59. The lowest BCUT2D eigenvalue weighted by atomic mass is 10.1. The minimum Gasteiger partial charge on any atom is -0.494 e. The van der Waals surface area contributed by atoms with Crippen LogP contribution in [0.3, 0.4) is 0 Å². The van der Waals surface area contributed by atoms with E-state index in [9.17, 15) is 0 Å². The Morgan fingerprint density at radius 1 is 1.25 bits per heavy atom. The molecule has 3 heteroatoms. The van der Waals surface area contributed by atoms with Crippen molar-refractivity contribution in [3.05, 3.63) is 35.4 Å². The number of ether oxygens (including phenoxy) is 1. The molecule has 0 fully saturated rings. The number of nitriles is 2. The average molecular weight is 212 g/mol. The summed E-state index contributed by atoms with van der Waals surface area (Å²) in [4.78, 5) is 0. The summed E-state index contributed by atoms with van der Waals surface area (Å²) in [6.07, 6.45) is 2.51. The van der Waals surface area contributed by atoms with Crippen LogP contribution in [0, 0.1) is 22.7 Å². The van der Waals surface area contributed by atoms with E-state index in [4.69, 9.17) is 15.3 Å². The quantitative estimate of drug-likeness (QED) is 0.721. The van der Waals surface area contributed by atoms with Crippen LogP contribution in [-0.2, 0) is 0 Å². The van der Waals surface area contributed by atoms with Gasteiger partial charge in [0, 0.05) is 0 Å². The maximum absolute atomic E-state index is 8.59. The Bertz CT molecular complexity index is 430. The smallest absolute Gasteiger partial charge is 0.130 e. The van der Waals surface area contributed by atoms with Crippen molar-refractivity contribution in [1.29, 1.82) is 10.5 Å². The zero-order valence-electron chi connectivity index (χ0n) is 9.10. The molecule has 0 saturated heterocycles. The zero-order chi connectivity index (χ0) is 11.8. The van der Waals surface area contributed by atoms with Crippen LogP contribution >= 0.6 is 0 Å². The highest BCUT2D eigenvalue weighted by atomic mass is 16.5. The van der Waals surface area contributed by atoms with Gasteiger partial charge in [0.2, 0.25) is 0 Å². The molecule has 0 amide bonds. The minimum absolute atomic E-state index is 0.0993. The fraction of sp³-hybridized carbons (Fsp3) is 0.231. The lowest BCUT2D eigenvalue weighted by Gasteiger charge is -2.03. The van der Waals surface area contributed by atoms with E-state index < -0.39 is 0 Å². The average Bonchev–Trinajstić information content (AvgIpc) is 2.35. The largest absolute Gasteiger partial charge is 0.494 e. The molecule has 3 nitrogen and oxygen atoms in total. The van der Waals surface area contributed by atoms with Gasteiger partial charge in [0.25, 0.3) is 0 Å². The van der Waals surface area contributed by atoms with Gasteiger partial charge in [-0.3, -0.25) is 0 Å². The van der Waals surface area contributed by atoms with Gasteiger partial charge in [-0.05, 0) is 30.2 Å². The number of nitrogens with zero attached hydrogens (tertiary/aromatic N) is 2. The Morgan fingerprint density at radius 2 is 1.88 bits per heavy atom. The van der Waals surface area contributed by atoms with Crippen LogP contribution in [0.4, 0.5) is 0 Å². The number of hydrogen-bond donors (Lipinski definition) is 0. The van der Waals surface area contributed by atoms with Crippen LogP contribution in [0.5, 0.6) is 5.75 Å². The van der Waals surface area contributed by atoms with Gasteiger partial charge in [-0.25, -0.2) is 0 Å². The molecule has 0 unspecified atom stereocenters. The van der Waals surface area contributed by atoms with Gasteiger partial charge < -0.3 is 4.74 Å². The van der Waals surface area contributed by atoms with Gasteiger partial charge in [-0.15, -0.1) is 0 Å². The molecule has 80 valence electrons. The molecular formula is C13H12N2O. The molecule has 0 aliphatic rings. The summed E-state index contributed by atoms with van der Waals surface area (Å²) in [5.41, 5.74) is 0.921. The molecule has 0 saturated carbocycles. The predicted octanol–water partition coefficient (Wildman–Crippen LogP) is 2.91. The van der Waals surface area contributed by atoms with Crippen LogP contribution in [0.1, 0.15) is 18.9 Å². The second-order valence-corrected chi connectivity index (χ2v) is 3.20. The first-order chi connectivity index (χ1) is 7.80. The third-order valence-electron chi connectivity index (χ3n) is 1.90. The summed E-state index contributed by atoms with van der Waals surface area (Å²) in [6, 6.07) is 10.9. The van der Waals surface area contributed by atoms with Crippen LogP contribution in [0.2, 0.25) is 0 Å². The van der Waals surface area contributed by atoms with E-state index in [-0.39, 0.29) is 5.57 Å². The van der Waals surface area contributed by atoms with Crippen LogP contribution in [-0.4, -0.2) is 6.61 Å². The fourth-order valence-electron chi connectivity index (χ4n) is 1.14. The number of rotatable bonds is 4. The van der Waals surface area contributed by atoms with E-state index in [1.165, 1.54) is 0 Å². The zero-order valence-corrected chi connectivity index (χ0v) is 9.10. The standard InChI is InChI=1S/C13H12N2O/c1-2-7-16-13-5-3-11(4-6-13)8-12(9-14)10-15/h3-6,8H,2,7H2,1H3. The normalized spacial score (nSPS) is 8.69. The molecule has 0 aliphatic heterocycles. The van der Waals surface area contributed by atoms with E-state index >= 15 is 0 Å². The first kappa shape index (κ1) is 11.8. The van der Waals surface area contributed by atoms with Gasteiger partial charge >= 0.3 is 0 Å². The van der Waals surface area contributed by atoms with Crippen LogP contribution in [0.15, 0.2) is 29.8 Å². The molecule has 1 aromatic rings. The van der Waals surface area contributed by atoms with E-state index in [2.05, 4.69) is 0 Å². The van der Waals surface area contributed by atoms with Crippen molar-refractivity contribution in [3.8, 4) is 17.9 Å². The van der Waals surface area contributed by atoms with Crippen molar-refractivity contribution in [3.63, 3.8) is 0 Å². The van der Waals surface area contributed by atoms with E-state index in [1.807, 2.05) is 43.3 Å².